The zero-order valence-electron chi connectivity index (χ0n) is 7.82. The van der Waals surface area contributed by atoms with Crippen LogP contribution in [-0.2, 0) is 72.3 Å². The third-order valence-corrected chi connectivity index (χ3v) is 0.607. The molecule has 68 valence electrons. The van der Waals surface area contributed by atoms with Crippen LogP contribution in [0.5, 0.6) is 0 Å². The van der Waals surface area contributed by atoms with Crippen LogP contribution in [0, 0.1) is 28.3 Å². The second-order valence-electron chi connectivity index (χ2n) is 1.08. The van der Waals surface area contributed by atoms with E-state index in [4.69, 9.17) is 0 Å². The third kappa shape index (κ3) is 22.6. The SMILES string of the molecule is [CH3-].[CH3-].[CH3-].[V].[W].[Y].[c-]1ccccc1. The summed E-state index contributed by atoms with van der Waals surface area (Å²) in [5.74, 6) is 0. The van der Waals surface area contributed by atoms with Gasteiger partial charge in [-0.2, -0.15) is 36.4 Å². The largest absolute Gasteiger partial charge is 0.358 e. The van der Waals surface area contributed by atoms with Gasteiger partial charge in [0, 0.05) is 72.3 Å². The second-order valence-corrected chi connectivity index (χ2v) is 1.08. The minimum Gasteiger partial charge on any atom is -0.358 e. The number of hydrogen-bond acceptors (Lipinski definition) is 0. The molecule has 0 aromatic heterocycles. The molecule has 0 bridgehead atoms. The van der Waals surface area contributed by atoms with Crippen molar-refractivity contribution >= 4 is 0 Å². The Bertz CT molecular complexity index is 86.5. The summed E-state index contributed by atoms with van der Waals surface area (Å²) in [5, 5.41) is 0. The molecule has 1 aromatic rings. The van der Waals surface area contributed by atoms with Gasteiger partial charge < -0.3 is 22.3 Å². The predicted octanol–water partition coefficient (Wildman–Crippen LogP) is 2.83. The summed E-state index contributed by atoms with van der Waals surface area (Å²) in [7, 11) is 0. The molecule has 0 aliphatic heterocycles. The van der Waals surface area contributed by atoms with Crippen molar-refractivity contribution in [1.29, 1.82) is 0 Å². The smallest absolute Gasteiger partial charge is 0 e. The van der Waals surface area contributed by atoms with Gasteiger partial charge in [-0.3, -0.25) is 0 Å². The fourth-order valence-electron chi connectivity index (χ4n) is 0.342. The standard InChI is InChI=1S/C6H5.3CH3.V.W.Y/c1-2-4-6-5-3-1;;;;;;/h1-5H;3*1H3;;;/q4*-1;;;. The molecule has 0 saturated carbocycles. The molecule has 0 atom stereocenters. The van der Waals surface area contributed by atoms with E-state index in [-0.39, 0.29) is 94.6 Å². The maximum absolute atomic E-state index is 2.89. The first-order chi connectivity index (χ1) is 3.00. The van der Waals surface area contributed by atoms with E-state index in [9.17, 15) is 0 Å². The van der Waals surface area contributed by atoms with Crippen molar-refractivity contribution < 1.29 is 72.3 Å². The summed E-state index contributed by atoms with van der Waals surface area (Å²) in [6.45, 7) is 0. The van der Waals surface area contributed by atoms with E-state index in [1.807, 2.05) is 30.3 Å². The summed E-state index contributed by atoms with van der Waals surface area (Å²) in [5.41, 5.74) is 0. The Balaban J connectivity index is -0.0000000150. The van der Waals surface area contributed by atoms with Crippen LogP contribution in [0.1, 0.15) is 0 Å². The van der Waals surface area contributed by atoms with Crippen LogP contribution in [0.25, 0.3) is 0 Å². The molecule has 2 radical (unpaired) electrons. The predicted molar refractivity (Wildman–Crippen MR) is 44.5 cm³/mol. The average Bonchev–Trinajstić information content (AvgIpc) is 1.72. The monoisotopic (exact) mass is 446 g/mol. The minimum absolute atomic E-state index is 0. The second kappa shape index (κ2) is 29.4. The van der Waals surface area contributed by atoms with Crippen LogP contribution in [0.3, 0.4) is 0 Å². The summed E-state index contributed by atoms with van der Waals surface area (Å²) < 4.78 is 0. The van der Waals surface area contributed by atoms with Crippen molar-refractivity contribution in [3.05, 3.63) is 58.7 Å². The van der Waals surface area contributed by atoms with Crippen molar-refractivity contribution in [2.45, 2.75) is 0 Å². The number of hydrogen-bond donors (Lipinski definition) is 0. The Morgan fingerprint density at radius 1 is 0.750 bits per heavy atom. The molecule has 0 spiro atoms. The molecular weight excluding hydrogens is 432 g/mol. The van der Waals surface area contributed by atoms with E-state index in [1.54, 1.807) is 0 Å². The zero-order chi connectivity index (χ0) is 4.24. The third-order valence-electron chi connectivity index (χ3n) is 0.607. The van der Waals surface area contributed by atoms with Crippen LogP contribution in [0.4, 0.5) is 0 Å². The molecule has 0 aliphatic carbocycles. The fourth-order valence-corrected chi connectivity index (χ4v) is 0.342. The van der Waals surface area contributed by atoms with Crippen LogP contribution in [0.15, 0.2) is 30.3 Å². The minimum atomic E-state index is 0. The molecular formula is C9H14VWY-4. The van der Waals surface area contributed by atoms with Crippen LogP contribution in [0.2, 0.25) is 0 Å². The van der Waals surface area contributed by atoms with Gasteiger partial charge in [0.05, 0.1) is 0 Å². The van der Waals surface area contributed by atoms with E-state index in [1.165, 1.54) is 0 Å². The first-order valence-electron chi connectivity index (χ1n) is 1.91. The topological polar surface area (TPSA) is 0 Å². The Hall–Kier alpha value is 1.60. The Morgan fingerprint density at radius 2 is 1.08 bits per heavy atom. The van der Waals surface area contributed by atoms with Crippen LogP contribution >= 0.6 is 0 Å². The van der Waals surface area contributed by atoms with Gasteiger partial charge in [0.15, 0.2) is 0 Å². The summed E-state index contributed by atoms with van der Waals surface area (Å²) in [4.78, 5) is 0. The fraction of sp³-hybridized carbons (Fsp3) is 0. The molecule has 0 aliphatic rings. The molecule has 0 unspecified atom stereocenters. The number of rotatable bonds is 0. The van der Waals surface area contributed by atoms with Gasteiger partial charge in [0.25, 0.3) is 0 Å². The van der Waals surface area contributed by atoms with Crippen molar-refractivity contribution in [3.63, 3.8) is 0 Å². The van der Waals surface area contributed by atoms with Gasteiger partial charge in [-0.15, -0.1) is 0 Å². The average molecular weight is 446 g/mol. The van der Waals surface area contributed by atoms with E-state index in [2.05, 4.69) is 6.07 Å². The maximum atomic E-state index is 2.89. The van der Waals surface area contributed by atoms with Gasteiger partial charge in [-0.05, 0) is 0 Å². The van der Waals surface area contributed by atoms with Gasteiger partial charge in [0.2, 0.25) is 0 Å². The quantitative estimate of drug-likeness (QED) is 0.539. The molecule has 0 fully saturated rings. The van der Waals surface area contributed by atoms with Crippen molar-refractivity contribution in [3.8, 4) is 0 Å². The van der Waals surface area contributed by atoms with Crippen molar-refractivity contribution in [1.82, 2.24) is 0 Å². The first-order valence-corrected chi connectivity index (χ1v) is 1.91. The summed E-state index contributed by atoms with van der Waals surface area (Å²) in [6.07, 6.45) is 0. The summed E-state index contributed by atoms with van der Waals surface area (Å²) in [6, 6.07) is 12.5. The first kappa shape index (κ1) is 37.4. The molecule has 0 N–H and O–H groups in total. The molecule has 0 heterocycles. The van der Waals surface area contributed by atoms with Gasteiger partial charge >= 0.3 is 0 Å². The van der Waals surface area contributed by atoms with Crippen LogP contribution < -0.4 is 0 Å². The van der Waals surface area contributed by atoms with Gasteiger partial charge in [0.1, 0.15) is 0 Å². The van der Waals surface area contributed by atoms with Crippen LogP contribution in [-0.4, -0.2) is 0 Å². The van der Waals surface area contributed by atoms with E-state index >= 15 is 0 Å². The molecule has 1 aromatic carbocycles. The molecule has 0 amide bonds. The Morgan fingerprint density at radius 3 is 1.17 bits per heavy atom. The van der Waals surface area contributed by atoms with E-state index < -0.39 is 0 Å². The zero-order valence-corrected chi connectivity index (χ0v) is 15.0. The van der Waals surface area contributed by atoms with Crippen molar-refractivity contribution in [2.75, 3.05) is 0 Å². The molecule has 12 heavy (non-hydrogen) atoms. The van der Waals surface area contributed by atoms with Gasteiger partial charge in [-0.25, -0.2) is 0 Å². The molecule has 3 heteroatoms. The molecule has 1 rings (SSSR count). The van der Waals surface area contributed by atoms with E-state index in [0.717, 1.165) is 0 Å². The van der Waals surface area contributed by atoms with E-state index in [0.29, 0.717) is 0 Å². The Labute approximate surface area is 129 Å². The maximum Gasteiger partial charge on any atom is 0 e. The number of benzene rings is 1. The molecule has 0 nitrogen and oxygen atoms in total. The molecule has 0 saturated heterocycles. The van der Waals surface area contributed by atoms with Crippen molar-refractivity contribution in [2.24, 2.45) is 0 Å². The summed E-state index contributed by atoms with van der Waals surface area (Å²) >= 11 is 0. The normalized spacial score (nSPS) is 4.00. The van der Waals surface area contributed by atoms with Gasteiger partial charge in [-0.1, -0.05) is 0 Å². The Kier molecular flexibility index (Phi) is 91.5.